The summed E-state index contributed by atoms with van der Waals surface area (Å²) in [4.78, 5) is 2.05. The van der Waals surface area contributed by atoms with Crippen molar-refractivity contribution in [3.05, 3.63) is 24.4 Å². The summed E-state index contributed by atoms with van der Waals surface area (Å²) in [6, 6.07) is 0. The molecule has 0 fully saturated rings. The molecule has 1 rings (SSSR count). The Morgan fingerprint density at radius 1 is 1.40 bits per heavy atom. The molecule has 0 bridgehead atoms. The molecule has 1 aliphatic heterocycles. The molecule has 0 saturated heterocycles. The Morgan fingerprint density at radius 2 is 2.10 bits per heavy atom. The molecule has 0 radical (unpaired) electrons. The maximum absolute atomic E-state index is 3.54. The number of rotatable bonds is 1. The van der Waals surface area contributed by atoms with Crippen molar-refractivity contribution in [1.29, 1.82) is 0 Å². The van der Waals surface area contributed by atoms with E-state index >= 15 is 0 Å². The van der Waals surface area contributed by atoms with Crippen molar-refractivity contribution in [3.8, 4) is 0 Å². The average molecular weight is 203 g/mol. The maximum atomic E-state index is 3.54. The summed E-state index contributed by atoms with van der Waals surface area (Å²) in [6.07, 6.45) is 7.93. The van der Waals surface area contributed by atoms with E-state index in [1.54, 1.807) is 0 Å². The zero-order valence-corrected chi connectivity index (χ0v) is 7.72. The van der Waals surface area contributed by atoms with E-state index in [1.807, 2.05) is 43.4 Å². The van der Waals surface area contributed by atoms with Gasteiger partial charge >= 0.3 is 0 Å². The summed E-state index contributed by atoms with van der Waals surface area (Å²) in [5.74, 6) is 0. The predicted octanol–water partition coefficient (Wildman–Crippen LogP) is 1.27. The average Bonchev–Trinajstić information content (AvgIpc) is 1.89. The molecule has 0 aliphatic carbocycles. The molecule has 1 atom stereocenters. The zero-order chi connectivity index (χ0) is 7.61. The SMILES string of the molecule is CN(C)[C@]1(Br)C=CC=CN1. The minimum absolute atomic E-state index is 0.193. The number of hydrogen-bond donors (Lipinski definition) is 1. The quantitative estimate of drug-likeness (QED) is 0.510. The van der Waals surface area contributed by atoms with Gasteiger partial charge in [0.25, 0.3) is 0 Å². The Labute approximate surface area is 69.7 Å². The van der Waals surface area contributed by atoms with Crippen molar-refractivity contribution in [2.75, 3.05) is 14.1 Å². The third kappa shape index (κ3) is 1.41. The fraction of sp³-hybridized carbons (Fsp3) is 0.429. The van der Waals surface area contributed by atoms with Crippen LogP contribution in [0.3, 0.4) is 0 Å². The second-order valence-corrected chi connectivity index (χ2v) is 3.64. The lowest BCUT2D eigenvalue weighted by atomic mass is 10.3. The Morgan fingerprint density at radius 3 is 2.40 bits per heavy atom. The van der Waals surface area contributed by atoms with Crippen molar-refractivity contribution < 1.29 is 0 Å². The minimum Gasteiger partial charge on any atom is -0.361 e. The lowest BCUT2D eigenvalue weighted by Crippen LogP contribution is -2.47. The van der Waals surface area contributed by atoms with E-state index in [4.69, 9.17) is 0 Å². The van der Waals surface area contributed by atoms with Gasteiger partial charge in [0.2, 0.25) is 0 Å². The molecule has 0 aromatic rings. The number of nitrogens with one attached hydrogen (secondary N) is 1. The van der Waals surface area contributed by atoms with Crippen LogP contribution in [0, 0.1) is 0 Å². The number of alkyl halides is 1. The zero-order valence-electron chi connectivity index (χ0n) is 6.13. The lowest BCUT2D eigenvalue weighted by molar-refractivity contribution is 0.289. The molecule has 10 heavy (non-hydrogen) atoms. The van der Waals surface area contributed by atoms with Crippen molar-refractivity contribution >= 4 is 15.9 Å². The summed E-state index contributed by atoms with van der Waals surface area (Å²) in [5, 5.41) is 3.17. The lowest BCUT2D eigenvalue weighted by Gasteiger charge is -2.32. The van der Waals surface area contributed by atoms with Gasteiger partial charge in [-0.05, 0) is 48.4 Å². The molecule has 1 aliphatic rings. The highest BCUT2D eigenvalue weighted by atomic mass is 79.9. The third-order valence-corrected chi connectivity index (χ3v) is 2.66. The van der Waals surface area contributed by atoms with Crippen molar-refractivity contribution in [2.24, 2.45) is 0 Å². The van der Waals surface area contributed by atoms with Crippen LogP contribution in [0.2, 0.25) is 0 Å². The molecule has 0 saturated carbocycles. The Kier molecular flexibility index (Phi) is 2.16. The fourth-order valence-corrected chi connectivity index (χ4v) is 1.01. The van der Waals surface area contributed by atoms with Gasteiger partial charge in [-0.1, -0.05) is 6.08 Å². The number of allylic oxidation sites excluding steroid dienone is 2. The Hall–Kier alpha value is -0.280. The summed E-state index contributed by atoms with van der Waals surface area (Å²) < 4.78 is -0.193. The van der Waals surface area contributed by atoms with Crippen molar-refractivity contribution in [2.45, 2.75) is 4.57 Å². The van der Waals surface area contributed by atoms with Crippen LogP contribution in [0.5, 0.6) is 0 Å². The summed E-state index contributed by atoms with van der Waals surface area (Å²) >= 11 is 3.54. The van der Waals surface area contributed by atoms with E-state index < -0.39 is 0 Å². The molecule has 0 aromatic heterocycles. The molecule has 0 spiro atoms. The molecule has 3 heteroatoms. The standard InChI is InChI=1S/C7H11BrN2/c1-10(2)7(8)5-3-4-6-9-7/h3-6,9H,1-2H3/t7-/m0/s1. The first-order valence-electron chi connectivity index (χ1n) is 3.13. The topological polar surface area (TPSA) is 15.3 Å². The number of hydrogen-bond acceptors (Lipinski definition) is 2. The molecule has 1 N–H and O–H groups in total. The summed E-state index contributed by atoms with van der Waals surface area (Å²) in [7, 11) is 4.01. The van der Waals surface area contributed by atoms with Crippen LogP contribution < -0.4 is 5.32 Å². The van der Waals surface area contributed by atoms with Crippen LogP contribution >= 0.6 is 15.9 Å². The van der Waals surface area contributed by atoms with E-state index in [0.717, 1.165) is 0 Å². The Bertz CT molecular complexity index is 174. The highest BCUT2D eigenvalue weighted by Gasteiger charge is 2.24. The van der Waals surface area contributed by atoms with E-state index in [2.05, 4.69) is 21.2 Å². The molecule has 0 aromatic carbocycles. The van der Waals surface area contributed by atoms with Gasteiger partial charge in [-0.3, -0.25) is 4.90 Å². The summed E-state index contributed by atoms with van der Waals surface area (Å²) in [5.41, 5.74) is 0. The van der Waals surface area contributed by atoms with Gasteiger partial charge < -0.3 is 5.32 Å². The molecule has 2 nitrogen and oxygen atoms in total. The van der Waals surface area contributed by atoms with Crippen molar-refractivity contribution in [1.82, 2.24) is 10.2 Å². The first-order chi connectivity index (χ1) is 4.65. The van der Waals surface area contributed by atoms with E-state index in [9.17, 15) is 0 Å². The predicted molar refractivity (Wildman–Crippen MR) is 46.8 cm³/mol. The van der Waals surface area contributed by atoms with Crippen LogP contribution in [-0.2, 0) is 0 Å². The third-order valence-electron chi connectivity index (χ3n) is 1.46. The largest absolute Gasteiger partial charge is 0.361 e. The van der Waals surface area contributed by atoms with E-state index in [0.29, 0.717) is 0 Å². The van der Waals surface area contributed by atoms with Crippen LogP contribution in [0.1, 0.15) is 0 Å². The molecular weight excluding hydrogens is 192 g/mol. The first-order valence-corrected chi connectivity index (χ1v) is 3.93. The highest BCUT2D eigenvalue weighted by molar-refractivity contribution is 9.10. The Balaban J connectivity index is 2.70. The monoisotopic (exact) mass is 202 g/mol. The van der Waals surface area contributed by atoms with E-state index in [1.165, 1.54) is 0 Å². The second kappa shape index (κ2) is 2.76. The molecule has 56 valence electrons. The van der Waals surface area contributed by atoms with Gasteiger partial charge in [0.05, 0.1) is 0 Å². The molecule has 0 amide bonds. The van der Waals surface area contributed by atoms with Crippen LogP contribution in [0.15, 0.2) is 24.4 Å². The van der Waals surface area contributed by atoms with Crippen LogP contribution in [0.25, 0.3) is 0 Å². The van der Waals surface area contributed by atoms with Crippen LogP contribution in [0.4, 0.5) is 0 Å². The van der Waals surface area contributed by atoms with Gasteiger partial charge in [-0.25, -0.2) is 0 Å². The maximum Gasteiger partial charge on any atom is 0.167 e. The fourth-order valence-electron chi connectivity index (χ4n) is 0.730. The van der Waals surface area contributed by atoms with Gasteiger partial charge in [-0.15, -0.1) is 0 Å². The number of likely N-dealkylation sites (N-methyl/N-ethyl adjacent to an activating group) is 1. The molecular formula is C7H11BrN2. The minimum atomic E-state index is -0.193. The van der Waals surface area contributed by atoms with Gasteiger partial charge in [0, 0.05) is 0 Å². The number of halogens is 1. The molecule has 1 heterocycles. The van der Waals surface area contributed by atoms with Gasteiger partial charge in [-0.2, -0.15) is 0 Å². The first kappa shape index (κ1) is 7.82. The van der Waals surface area contributed by atoms with Crippen LogP contribution in [-0.4, -0.2) is 23.6 Å². The van der Waals surface area contributed by atoms with Gasteiger partial charge in [0.15, 0.2) is 4.57 Å². The number of dihydropyridines is 1. The highest BCUT2D eigenvalue weighted by Crippen LogP contribution is 2.20. The summed E-state index contributed by atoms with van der Waals surface area (Å²) in [6.45, 7) is 0. The normalized spacial score (nSPS) is 30.8. The molecule has 0 unspecified atom stereocenters. The number of nitrogens with zero attached hydrogens (tertiary/aromatic N) is 1. The van der Waals surface area contributed by atoms with Crippen molar-refractivity contribution in [3.63, 3.8) is 0 Å². The van der Waals surface area contributed by atoms with Gasteiger partial charge in [0.1, 0.15) is 0 Å². The smallest absolute Gasteiger partial charge is 0.167 e. The second-order valence-electron chi connectivity index (χ2n) is 2.43. The van der Waals surface area contributed by atoms with E-state index in [-0.39, 0.29) is 4.57 Å².